The Kier molecular flexibility index (Phi) is 8.30. The van der Waals surface area contributed by atoms with E-state index < -0.39 is 5.97 Å². The average molecular weight is 365 g/mol. The molecule has 2 rings (SSSR count). The lowest BCUT2D eigenvalue weighted by Crippen LogP contribution is -2.32. The number of carboxylic acids is 1. The summed E-state index contributed by atoms with van der Waals surface area (Å²) in [4.78, 5) is 25.1. The van der Waals surface area contributed by atoms with Crippen LogP contribution in [0.5, 0.6) is 0 Å². The number of aliphatic carboxylic acids is 1. The zero-order valence-corrected chi connectivity index (χ0v) is 15.8. The first kappa shape index (κ1) is 20.4. The van der Waals surface area contributed by atoms with Crippen LogP contribution >= 0.6 is 0 Å². The average Bonchev–Trinajstić information content (AvgIpc) is 2.69. The SMILES string of the molecule is CCCCC(=O)N(CCc1ccccc1)Cc1ccc(/C=C/C(=O)O)cc1. The number of carboxylic acid groups (broad SMARTS) is 1. The van der Waals surface area contributed by atoms with E-state index in [0.29, 0.717) is 19.5 Å². The molecule has 0 saturated carbocycles. The third kappa shape index (κ3) is 7.48. The van der Waals surface area contributed by atoms with Crippen molar-refractivity contribution in [1.82, 2.24) is 4.90 Å². The zero-order chi connectivity index (χ0) is 19.5. The highest BCUT2D eigenvalue weighted by molar-refractivity contribution is 5.85. The van der Waals surface area contributed by atoms with Gasteiger partial charge in [0.15, 0.2) is 0 Å². The Labute approximate surface area is 161 Å². The molecular formula is C23H27NO3. The molecule has 1 amide bonds. The van der Waals surface area contributed by atoms with Gasteiger partial charge in [-0.25, -0.2) is 4.79 Å². The van der Waals surface area contributed by atoms with Crippen LogP contribution in [0.2, 0.25) is 0 Å². The highest BCUT2D eigenvalue weighted by Crippen LogP contribution is 2.12. The molecule has 0 heterocycles. The van der Waals surface area contributed by atoms with Crippen molar-refractivity contribution in [2.24, 2.45) is 0 Å². The van der Waals surface area contributed by atoms with Crippen molar-refractivity contribution in [2.75, 3.05) is 6.54 Å². The molecule has 0 aliphatic rings. The Morgan fingerprint density at radius 1 is 1.00 bits per heavy atom. The number of amides is 1. The van der Waals surface area contributed by atoms with Crippen LogP contribution in [0.3, 0.4) is 0 Å². The minimum Gasteiger partial charge on any atom is -0.478 e. The van der Waals surface area contributed by atoms with Gasteiger partial charge in [-0.15, -0.1) is 0 Å². The molecule has 0 fully saturated rings. The quantitative estimate of drug-likeness (QED) is 0.629. The predicted octanol–water partition coefficient (Wildman–Crippen LogP) is 4.55. The van der Waals surface area contributed by atoms with Gasteiger partial charge in [0.2, 0.25) is 5.91 Å². The topological polar surface area (TPSA) is 57.6 Å². The van der Waals surface area contributed by atoms with Crippen LogP contribution in [-0.4, -0.2) is 28.4 Å². The maximum absolute atomic E-state index is 12.6. The molecular weight excluding hydrogens is 338 g/mol. The first-order chi connectivity index (χ1) is 13.1. The molecule has 0 aliphatic carbocycles. The predicted molar refractivity (Wildman–Crippen MR) is 108 cm³/mol. The summed E-state index contributed by atoms with van der Waals surface area (Å²) >= 11 is 0. The third-order valence-electron chi connectivity index (χ3n) is 4.38. The van der Waals surface area contributed by atoms with Gasteiger partial charge in [0.1, 0.15) is 0 Å². The zero-order valence-electron chi connectivity index (χ0n) is 15.8. The van der Waals surface area contributed by atoms with Gasteiger partial charge in [-0.1, -0.05) is 67.9 Å². The maximum Gasteiger partial charge on any atom is 0.328 e. The van der Waals surface area contributed by atoms with E-state index in [1.165, 1.54) is 5.56 Å². The summed E-state index contributed by atoms with van der Waals surface area (Å²) in [5.74, 6) is -0.782. The number of carbonyl (C=O) groups excluding carboxylic acids is 1. The summed E-state index contributed by atoms with van der Waals surface area (Å²) in [6, 6.07) is 17.8. The second kappa shape index (κ2) is 11.0. The van der Waals surface area contributed by atoms with Gasteiger partial charge in [-0.2, -0.15) is 0 Å². The normalized spacial score (nSPS) is 10.9. The summed E-state index contributed by atoms with van der Waals surface area (Å²) in [5, 5.41) is 8.70. The van der Waals surface area contributed by atoms with Crippen LogP contribution in [0.4, 0.5) is 0 Å². The summed E-state index contributed by atoms with van der Waals surface area (Å²) in [6.07, 6.45) is 5.99. The Hall–Kier alpha value is -2.88. The molecule has 1 N–H and O–H groups in total. The smallest absolute Gasteiger partial charge is 0.328 e. The fourth-order valence-corrected chi connectivity index (χ4v) is 2.81. The van der Waals surface area contributed by atoms with E-state index in [4.69, 9.17) is 5.11 Å². The molecule has 0 radical (unpaired) electrons. The minimum absolute atomic E-state index is 0.183. The van der Waals surface area contributed by atoms with Gasteiger partial charge in [-0.05, 0) is 35.6 Å². The van der Waals surface area contributed by atoms with Gasteiger partial charge in [0.25, 0.3) is 0 Å². The molecule has 0 atom stereocenters. The fraction of sp³-hybridized carbons (Fsp3) is 0.304. The summed E-state index contributed by atoms with van der Waals surface area (Å²) < 4.78 is 0. The van der Waals surface area contributed by atoms with Crippen LogP contribution in [0.25, 0.3) is 6.08 Å². The van der Waals surface area contributed by atoms with Crippen LogP contribution < -0.4 is 0 Å². The van der Waals surface area contributed by atoms with Crippen molar-refractivity contribution in [3.05, 3.63) is 77.4 Å². The van der Waals surface area contributed by atoms with Gasteiger partial charge in [-0.3, -0.25) is 4.79 Å². The summed E-state index contributed by atoms with van der Waals surface area (Å²) in [5.41, 5.74) is 3.09. The highest BCUT2D eigenvalue weighted by Gasteiger charge is 2.13. The van der Waals surface area contributed by atoms with Crippen LogP contribution in [0.15, 0.2) is 60.7 Å². The lowest BCUT2D eigenvalue weighted by atomic mass is 10.1. The number of benzene rings is 2. The van der Waals surface area contributed by atoms with E-state index in [1.54, 1.807) is 6.08 Å². The van der Waals surface area contributed by atoms with Gasteiger partial charge < -0.3 is 10.0 Å². The van der Waals surface area contributed by atoms with Crippen LogP contribution in [-0.2, 0) is 22.6 Å². The molecule has 4 nitrogen and oxygen atoms in total. The number of carbonyl (C=O) groups is 2. The minimum atomic E-state index is -0.965. The molecule has 2 aromatic carbocycles. The Bertz CT molecular complexity index is 751. The molecule has 27 heavy (non-hydrogen) atoms. The lowest BCUT2D eigenvalue weighted by Gasteiger charge is -2.23. The van der Waals surface area contributed by atoms with Crippen molar-refractivity contribution in [2.45, 2.75) is 39.2 Å². The molecule has 0 spiro atoms. The monoisotopic (exact) mass is 365 g/mol. The second-order valence-corrected chi connectivity index (χ2v) is 6.57. The highest BCUT2D eigenvalue weighted by atomic mass is 16.4. The second-order valence-electron chi connectivity index (χ2n) is 6.57. The largest absolute Gasteiger partial charge is 0.478 e. The number of hydrogen-bond acceptors (Lipinski definition) is 2. The molecule has 142 valence electrons. The van der Waals surface area contributed by atoms with Crippen molar-refractivity contribution in [3.8, 4) is 0 Å². The van der Waals surface area contributed by atoms with E-state index in [9.17, 15) is 9.59 Å². The van der Waals surface area contributed by atoms with E-state index in [1.807, 2.05) is 47.4 Å². The Morgan fingerprint density at radius 3 is 2.33 bits per heavy atom. The molecule has 0 aliphatic heterocycles. The first-order valence-corrected chi connectivity index (χ1v) is 9.40. The van der Waals surface area contributed by atoms with Gasteiger partial charge in [0.05, 0.1) is 0 Å². The van der Waals surface area contributed by atoms with Gasteiger partial charge >= 0.3 is 5.97 Å². The van der Waals surface area contributed by atoms with E-state index in [-0.39, 0.29) is 5.91 Å². The van der Waals surface area contributed by atoms with E-state index in [0.717, 1.165) is 36.5 Å². The van der Waals surface area contributed by atoms with Gasteiger partial charge in [0, 0.05) is 25.6 Å². The molecule has 0 aromatic heterocycles. The maximum atomic E-state index is 12.6. The summed E-state index contributed by atoms with van der Waals surface area (Å²) in [6.45, 7) is 3.34. The van der Waals surface area contributed by atoms with Crippen molar-refractivity contribution < 1.29 is 14.7 Å². The number of nitrogens with zero attached hydrogens (tertiary/aromatic N) is 1. The fourth-order valence-electron chi connectivity index (χ4n) is 2.81. The molecule has 0 bridgehead atoms. The van der Waals surface area contributed by atoms with Crippen molar-refractivity contribution in [1.29, 1.82) is 0 Å². The number of rotatable bonds is 10. The summed E-state index contributed by atoms with van der Waals surface area (Å²) in [7, 11) is 0. The molecule has 0 unspecified atom stereocenters. The number of hydrogen-bond donors (Lipinski definition) is 1. The van der Waals surface area contributed by atoms with E-state index in [2.05, 4.69) is 19.1 Å². The molecule has 2 aromatic rings. The van der Waals surface area contributed by atoms with Crippen molar-refractivity contribution in [3.63, 3.8) is 0 Å². The third-order valence-corrected chi connectivity index (χ3v) is 4.38. The van der Waals surface area contributed by atoms with E-state index >= 15 is 0 Å². The van der Waals surface area contributed by atoms with Crippen LogP contribution in [0.1, 0.15) is 42.9 Å². The van der Waals surface area contributed by atoms with Crippen molar-refractivity contribution >= 4 is 18.0 Å². The molecule has 0 saturated heterocycles. The lowest BCUT2D eigenvalue weighted by molar-refractivity contribution is -0.132. The number of unbranched alkanes of at least 4 members (excludes halogenated alkanes) is 1. The first-order valence-electron chi connectivity index (χ1n) is 9.40. The Balaban J connectivity index is 2.03. The van der Waals surface area contributed by atoms with Crippen LogP contribution in [0, 0.1) is 0 Å². The molecule has 4 heteroatoms. The Morgan fingerprint density at radius 2 is 1.70 bits per heavy atom. The standard InChI is InChI=1S/C23H27NO3/c1-2-3-9-22(25)24(17-16-19-7-5-4-6-8-19)18-21-12-10-20(11-13-21)14-15-23(26)27/h4-8,10-15H,2-3,9,16-18H2,1H3,(H,26,27)/b15-14+.